The third kappa shape index (κ3) is 4.03. The smallest absolute Gasteiger partial charge is 0.354 e. The van der Waals surface area contributed by atoms with E-state index in [2.05, 4.69) is 26.0 Å². The number of carbonyl (C=O) groups excluding carboxylic acids is 2. The van der Waals surface area contributed by atoms with E-state index in [0.717, 1.165) is 10.0 Å². The second-order valence-corrected chi connectivity index (χ2v) is 4.11. The van der Waals surface area contributed by atoms with Crippen molar-refractivity contribution in [1.29, 1.82) is 0 Å². The highest BCUT2D eigenvalue weighted by Crippen LogP contribution is 2.18. The SMILES string of the molecule is COC(=O)/C(=C\c1ccccc1Br)NC(C)=O. The third-order valence-electron chi connectivity index (χ3n) is 1.92. The fraction of sp³-hybridized carbons (Fsp3) is 0.167. The number of carbonyl (C=O) groups is 2. The average molecular weight is 298 g/mol. The van der Waals surface area contributed by atoms with Gasteiger partial charge in [0.05, 0.1) is 7.11 Å². The van der Waals surface area contributed by atoms with E-state index in [-0.39, 0.29) is 11.6 Å². The van der Waals surface area contributed by atoms with Gasteiger partial charge in [-0.15, -0.1) is 0 Å². The average Bonchev–Trinajstić information content (AvgIpc) is 2.29. The van der Waals surface area contributed by atoms with Crippen molar-refractivity contribution < 1.29 is 14.3 Å². The Morgan fingerprint density at radius 3 is 2.53 bits per heavy atom. The Morgan fingerprint density at radius 2 is 2.00 bits per heavy atom. The molecule has 1 aromatic carbocycles. The van der Waals surface area contributed by atoms with Gasteiger partial charge in [-0.25, -0.2) is 4.79 Å². The highest BCUT2D eigenvalue weighted by Gasteiger charge is 2.11. The summed E-state index contributed by atoms with van der Waals surface area (Å²) in [4.78, 5) is 22.4. The van der Waals surface area contributed by atoms with Crippen molar-refractivity contribution in [2.24, 2.45) is 0 Å². The predicted octanol–water partition coefficient (Wildman–Crippen LogP) is 2.10. The minimum atomic E-state index is -0.587. The molecule has 0 saturated carbocycles. The van der Waals surface area contributed by atoms with Crippen LogP contribution in [0.25, 0.3) is 6.08 Å². The van der Waals surface area contributed by atoms with Crippen molar-refractivity contribution in [3.63, 3.8) is 0 Å². The molecule has 0 unspecified atom stereocenters. The predicted molar refractivity (Wildman–Crippen MR) is 68.0 cm³/mol. The molecule has 0 aliphatic heterocycles. The van der Waals surface area contributed by atoms with Crippen LogP contribution in [0, 0.1) is 0 Å². The number of hydrogen-bond donors (Lipinski definition) is 1. The van der Waals surface area contributed by atoms with Gasteiger partial charge in [0, 0.05) is 11.4 Å². The second kappa shape index (κ2) is 6.20. The van der Waals surface area contributed by atoms with Crippen LogP contribution in [-0.4, -0.2) is 19.0 Å². The molecule has 4 nitrogen and oxygen atoms in total. The van der Waals surface area contributed by atoms with Gasteiger partial charge in [-0.05, 0) is 17.7 Å². The van der Waals surface area contributed by atoms with Crippen LogP contribution in [-0.2, 0) is 14.3 Å². The summed E-state index contributed by atoms with van der Waals surface area (Å²) in [6.07, 6.45) is 1.55. The van der Waals surface area contributed by atoms with Crippen molar-refractivity contribution in [3.05, 3.63) is 40.0 Å². The molecular weight excluding hydrogens is 286 g/mol. The van der Waals surface area contributed by atoms with E-state index in [1.54, 1.807) is 6.08 Å². The van der Waals surface area contributed by atoms with E-state index >= 15 is 0 Å². The third-order valence-corrected chi connectivity index (χ3v) is 2.64. The van der Waals surface area contributed by atoms with Crippen molar-refractivity contribution in [3.8, 4) is 0 Å². The summed E-state index contributed by atoms with van der Waals surface area (Å²) >= 11 is 3.35. The zero-order valence-electron chi connectivity index (χ0n) is 9.49. The van der Waals surface area contributed by atoms with Gasteiger partial charge in [0.1, 0.15) is 5.70 Å². The molecule has 0 aromatic heterocycles. The summed E-state index contributed by atoms with van der Waals surface area (Å²) in [5.41, 5.74) is 0.883. The number of hydrogen-bond acceptors (Lipinski definition) is 3. The number of esters is 1. The number of rotatable bonds is 3. The van der Waals surface area contributed by atoms with Gasteiger partial charge >= 0.3 is 5.97 Å². The van der Waals surface area contributed by atoms with Crippen LogP contribution >= 0.6 is 15.9 Å². The highest BCUT2D eigenvalue weighted by atomic mass is 79.9. The summed E-state index contributed by atoms with van der Waals surface area (Å²) in [6.45, 7) is 1.33. The monoisotopic (exact) mass is 297 g/mol. The Kier molecular flexibility index (Phi) is 4.90. The lowest BCUT2D eigenvalue weighted by Gasteiger charge is -2.06. The molecule has 1 amide bonds. The van der Waals surface area contributed by atoms with E-state index in [1.807, 2.05) is 24.3 Å². The maximum Gasteiger partial charge on any atom is 0.354 e. The van der Waals surface area contributed by atoms with Crippen LogP contribution in [0.1, 0.15) is 12.5 Å². The van der Waals surface area contributed by atoms with Crippen molar-refractivity contribution >= 4 is 33.9 Å². The minimum absolute atomic E-state index is 0.104. The molecule has 0 bridgehead atoms. The van der Waals surface area contributed by atoms with Crippen molar-refractivity contribution in [2.45, 2.75) is 6.92 Å². The Bertz CT molecular complexity index is 469. The Hall–Kier alpha value is -1.62. The topological polar surface area (TPSA) is 55.4 Å². The van der Waals surface area contributed by atoms with E-state index in [0.29, 0.717) is 0 Å². The van der Waals surface area contributed by atoms with Gasteiger partial charge < -0.3 is 10.1 Å². The number of ether oxygens (including phenoxy) is 1. The standard InChI is InChI=1S/C12H12BrNO3/c1-8(15)14-11(12(16)17-2)7-9-5-3-4-6-10(9)13/h3-7H,1-2H3,(H,14,15)/b11-7+. The maximum absolute atomic E-state index is 11.4. The largest absolute Gasteiger partial charge is 0.464 e. The minimum Gasteiger partial charge on any atom is -0.464 e. The number of methoxy groups -OCH3 is 1. The lowest BCUT2D eigenvalue weighted by Crippen LogP contribution is -2.25. The summed E-state index contributed by atoms with van der Waals surface area (Å²) in [6, 6.07) is 7.35. The number of halogens is 1. The lowest BCUT2D eigenvalue weighted by atomic mass is 10.2. The Morgan fingerprint density at radius 1 is 1.35 bits per heavy atom. The second-order valence-electron chi connectivity index (χ2n) is 3.25. The first-order valence-corrected chi connectivity index (χ1v) is 5.66. The summed E-state index contributed by atoms with van der Waals surface area (Å²) in [5.74, 6) is -0.912. The van der Waals surface area contributed by atoms with Crippen molar-refractivity contribution in [1.82, 2.24) is 5.32 Å². The fourth-order valence-corrected chi connectivity index (χ4v) is 1.59. The lowest BCUT2D eigenvalue weighted by molar-refractivity contribution is -0.137. The number of nitrogens with one attached hydrogen (secondary N) is 1. The zero-order chi connectivity index (χ0) is 12.8. The molecule has 0 saturated heterocycles. The maximum atomic E-state index is 11.4. The van der Waals surface area contributed by atoms with E-state index < -0.39 is 5.97 Å². The molecular formula is C12H12BrNO3. The summed E-state index contributed by atoms with van der Waals surface area (Å²) in [7, 11) is 1.26. The van der Waals surface area contributed by atoms with Crippen LogP contribution in [0.4, 0.5) is 0 Å². The molecule has 0 fully saturated rings. The molecule has 1 N–H and O–H groups in total. The van der Waals surface area contributed by atoms with E-state index in [9.17, 15) is 9.59 Å². The molecule has 1 aromatic rings. The Labute approximate surface area is 108 Å². The molecule has 90 valence electrons. The number of amides is 1. The molecule has 0 heterocycles. The van der Waals surface area contributed by atoms with Gasteiger partial charge in [-0.3, -0.25) is 4.79 Å². The molecule has 0 aliphatic rings. The first-order valence-electron chi connectivity index (χ1n) is 4.86. The van der Waals surface area contributed by atoms with Gasteiger partial charge in [0.25, 0.3) is 0 Å². The molecule has 5 heteroatoms. The first kappa shape index (κ1) is 13.4. The first-order chi connectivity index (χ1) is 8.04. The van der Waals surface area contributed by atoms with Crippen LogP contribution in [0.2, 0.25) is 0 Å². The highest BCUT2D eigenvalue weighted by molar-refractivity contribution is 9.10. The van der Waals surface area contributed by atoms with Crippen LogP contribution in [0.5, 0.6) is 0 Å². The van der Waals surface area contributed by atoms with Gasteiger partial charge in [0.15, 0.2) is 0 Å². The molecule has 0 aliphatic carbocycles. The quantitative estimate of drug-likeness (QED) is 0.687. The van der Waals surface area contributed by atoms with Crippen LogP contribution in [0.3, 0.4) is 0 Å². The molecule has 1 rings (SSSR count). The van der Waals surface area contributed by atoms with Crippen LogP contribution in [0.15, 0.2) is 34.4 Å². The van der Waals surface area contributed by atoms with E-state index in [4.69, 9.17) is 0 Å². The molecule has 0 spiro atoms. The van der Waals surface area contributed by atoms with Gasteiger partial charge in [-0.1, -0.05) is 34.1 Å². The zero-order valence-corrected chi connectivity index (χ0v) is 11.1. The normalized spacial score (nSPS) is 10.9. The van der Waals surface area contributed by atoms with Gasteiger partial charge in [-0.2, -0.15) is 0 Å². The molecule has 17 heavy (non-hydrogen) atoms. The van der Waals surface area contributed by atoms with Crippen LogP contribution < -0.4 is 5.32 Å². The fourth-order valence-electron chi connectivity index (χ4n) is 1.19. The summed E-state index contributed by atoms with van der Waals surface area (Å²) < 4.78 is 5.41. The Balaban J connectivity index is 3.09. The van der Waals surface area contributed by atoms with Gasteiger partial charge in [0.2, 0.25) is 5.91 Å². The molecule has 0 radical (unpaired) electrons. The molecule has 0 atom stereocenters. The van der Waals surface area contributed by atoms with E-state index in [1.165, 1.54) is 14.0 Å². The number of benzene rings is 1. The summed E-state index contributed by atoms with van der Waals surface area (Å²) in [5, 5.41) is 2.43. The van der Waals surface area contributed by atoms with Crippen molar-refractivity contribution in [2.75, 3.05) is 7.11 Å².